The van der Waals surface area contributed by atoms with Gasteiger partial charge in [0, 0.05) is 0 Å². The number of hydrogen-bond donors (Lipinski definition) is 1. The van der Waals surface area contributed by atoms with Gasteiger partial charge in [-0.3, -0.25) is 0 Å². The van der Waals surface area contributed by atoms with Crippen molar-refractivity contribution < 1.29 is 40.6 Å². The lowest BCUT2D eigenvalue weighted by Crippen LogP contribution is -2.54. The van der Waals surface area contributed by atoms with E-state index in [0.717, 1.165) is 19.1 Å². The van der Waals surface area contributed by atoms with Gasteiger partial charge in [-0.2, -0.15) is 30.7 Å². The Morgan fingerprint density at radius 2 is 1.58 bits per heavy atom. The van der Waals surface area contributed by atoms with E-state index in [1.807, 2.05) is 0 Å². The highest BCUT2D eigenvalue weighted by Gasteiger charge is 2.73. The van der Waals surface area contributed by atoms with Crippen LogP contribution in [0.2, 0.25) is 0 Å². The average Bonchev–Trinajstić information content (AvgIpc) is 2.35. The zero-order valence-corrected chi connectivity index (χ0v) is 13.1. The quantitative estimate of drug-likeness (QED) is 0.729. The van der Waals surface area contributed by atoms with E-state index >= 15 is 0 Å². The van der Waals surface area contributed by atoms with Crippen LogP contribution in [0.3, 0.4) is 0 Å². The highest BCUT2D eigenvalue weighted by Crippen LogP contribution is 2.50. The van der Waals surface area contributed by atoms with Crippen molar-refractivity contribution in [2.24, 2.45) is 0 Å². The zero-order valence-electron chi connectivity index (χ0n) is 13.1. The molecule has 1 atom stereocenters. The normalized spacial score (nSPS) is 16.2. The van der Waals surface area contributed by atoms with Crippen LogP contribution in [-0.4, -0.2) is 29.2 Å². The van der Waals surface area contributed by atoms with Gasteiger partial charge < -0.3 is 9.84 Å². The van der Waals surface area contributed by atoms with Gasteiger partial charge in [0.2, 0.25) is 0 Å². The topological polar surface area (TPSA) is 29.5 Å². The smallest absolute Gasteiger partial charge is 0.459 e. The number of benzene rings is 1. The Bertz CT molecular complexity index is 565. The number of rotatable bonds is 6. The van der Waals surface area contributed by atoms with E-state index in [4.69, 9.17) is 4.74 Å². The summed E-state index contributed by atoms with van der Waals surface area (Å²) in [5.41, 5.74) is -2.90. The van der Waals surface area contributed by atoms with Gasteiger partial charge in [-0.15, -0.1) is 0 Å². The molecule has 0 aliphatic rings. The fourth-order valence-electron chi connectivity index (χ4n) is 2.03. The average molecular weight is 362 g/mol. The minimum atomic E-state index is -6.44. The molecule has 0 radical (unpaired) electrons. The lowest BCUT2D eigenvalue weighted by Gasteiger charge is -2.34. The van der Waals surface area contributed by atoms with Crippen molar-refractivity contribution in [3.05, 3.63) is 29.8 Å². The van der Waals surface area contributed by atoms with E-state index in [9.17, 15) is 35.8 Å². The highest BCUT2D eigenvalue weighted by molar-refractivity contribution is 5.32. The zero-order chi connectivity index (χ0) is 19.0. The molecule has 0 aliphatic heterocycles. The first-order chi connectivity index (χ1) is 10.6. The van der Waals surface area contributed by atoms with E-state index < -0.39 is 30.0 Å². The monoisotopic (exact) mass is 362 g/mol. The Balaban J connectivity index is 3.13. The van der Waals surface area contributed by atoms with Gasteiger partial charge >= 0.3 is 18.0 Å². The molecule has 1 unspecified atom stereocenters. The van der Waals surface area contributed by atoms with Crippen LogP contribution in [0.15, 0.2) is 24.3 Å². The standard InChI is InChI=1S/C15H17F7O2/c1-9(2)24-11-6-4-5-10(7-11)12(3,23)8-13(16,17)14(18,19)15(20,21)22/h4-7,9,23H,8H2,1-3H3. The third-order valence-corrected chi connectivity index (χ3v) is 3.21. The van der Waals surface area contributed by atoms with Gasteiger partial charge in [0.25, 0.3) is 0 Å². The summed E-state index contributed by atoms with van der Waals surface area (Å²) in [6.07, 6.45) is -8.84. The largest absolute Gasteiger partial charge is 0.491 e. The first kappa shape index (κ1) is 20.5. The molecule has 1 aromatic carbocycles. The van der Waals surface area contributed by atoms with Gasteiger partial charge in [0.05, 0.1) is 18.1 Å². The van der Waals surface area contributed by atoms with E-state index in [1.165, 1.54) is 12.1 Å². The van der Waals surface area contributed by atoms with E-state index in [1.54, 1.807) is 13.8 Å². The highest BCUT2D eigenvalue weighted by atomic mass is 19.4. The molecule has 0 saturated carbocycles. The van der Waals surface area contributed by atoms with Crippen LogP contribution in [0.5, 0.6) is 5.75 Å². The minimum absolute atomic E-state index is 0.161. The van der Waals surface area contributed by atoms with E-state index in [0.29, 0.717) is 0 Å². The number of halogens is 7. The van der Waals surface area contributed by atoms with Crippen LogP contribution in [0.1, 0.15) is 32.8 Å². The van der Waals surface area contributed by atoms with Crippen LogP contribution < -0.4 is 4.74 Å². The lowest BCUT2D eigenvalue weighted by molar-refractivity contribution is -0.361. The maximum absolute atomic E-state index is 13.5. The van der Waals surface area contributed by atoms with Crippen molar-refractivity contribution in [2.75, 3.05) is 0 Å². The predicted octanol–water partition coefficient (Wildman–Crippen LogP) is 4.90. The van der Waals surface area contributed by atoms with Crippen molar-refractivity contribution in [1.82, 2.24) is 0 Å². The first-order valence-electron chi connectivity index (χ1n) is 6.92. The molecule has 0 aliphatic carbocycles. The summed E-state index contributed by atoms with van der Waals surface area (Å²) in [7, 11) is 0. The molecule has 1 rings (SSSR count). The van der Waals surface area contributed by atoms with Crippen LogP contribution >= 0.6 is 0 Å². The molecule has 0 amide bonds. The third-order valence-electron chi connectivity index (χ3n) is 3.21. The Morgan fingerprint density at radius 1 is 1.04 bits per heavy atom. The summed E-state index contributed by atoms with van der Waals surface area (Å²) >= 11 is 0. The molecule has 0 saturated heterocycles. The second kappa shape index (κ2) is 6.42. The second-order valence-electron chi connectivity index (χ2n) is 5.92. The lowest BCUT2D eigenvalue weighted by atomic mass is 9.87. The van der Waals surface area contributed by atoms with E-state index in [-0.39, 0.29) is 17.4 Å². The maximum atomic E-state index is 13.5. The molecule has 1 aromatic rings. The summed E-state index contributed by atoms with van der Waals surface area (Å²) < 4.78 is 94.9. The Hall–Kier alpha value is -1.51. The van der Waals surface area contributed by atoms with Gasteiger partial charge in [0.15, 0.2) is 0 Å². The van der Waals surface area contributed by atoms with Gasteiger partial charge in [-0.05, 0) is 38.5 Å². The molecule has 2 nitrogen and oxygen atoms in total. The molecular weight excluding hydrogens is 345 g/mol. The predicted molar refractivity (Wildman–Crippen MR) is 72.3 cm³/mol. The molecular formula is C15H17F7O2. The van der Waals surface area contributed by atoms with Crippen LogP contribution in [0.4, 0.5) is 30.7 Å². The Labute approximate surface area is 134 Å². The van der Waals surface area contributed by atoms with Crippen molar-refractivity contribution in [3.8, 4) is 5.75 Å². The number of ether oxygens (including phenoxy) is 1. The van der Waals surface area contributed by atoms with Crippen molar-refractivity contribution in [3.63, 3.8) is 0 Å². The fraction of sp³-hybridized carbons (Fsp3) is 0.600. The molecule has 0 spiro atoms. The number of aliphatic hydroxyl groups is 1. The molecule has 0 fully saturated rings. The van der Waals surface area contributed by atoms with Crippen LogP contribution in [0.25, 0.3) is 0 Å². The summed E-state index contributed by atoms with van der Waals surface area (Å²) in [4.78, 5) is 0. The van der Waals surface area contributed by atoms with Gasteiger partial charge in [-0.25, -0.2) is 0 Å². The summed E-state index contributed by atoms with van der Waals surface area (Å²) in [6.45, 7) is 4.08. The molecule has 0 aromatic heterocycles. The summed E-state index contributed by atoms with van der Waals surface area (Å²) in [5.74, 6) is -11.6. The second-order valence-corrected chi connectivity index (χ2v) is 5.92. The molecule has 24 heavy (non-hydrogen) atoms. The number of hydrogen-bond acceptors (Lipinski definition) is 2. The van der Waals surface area contributed by atoms with Crippen molar-refractivity contribution in [1.29, 1.82) is 0 Å². The summed E-state index contributed by atoms with van der Waals surface area (Å²) in [5, 5.41) is 10.1. The number of alkyl halides is 7. The maximum Gasteiger partial charge on any atom is 0.459 e. The Kier molecular flexibility index (Phi) is 5.49. The SMILES string of the molecule is CC(C)Oc1cccc(C(C)(O)CC(F)(F)C(F)(F)C(F)(F)F)c1. The van der Waals surface area contributed by atoms with Gasteiger partial charge in [0.1, 0.15) is 5.75 Å². The molecule has 138 valence electrons. The van der Waals surface area contributed by atoms with Crippen LogP contribution in [-0.2, 0) is 5.60 Å². The van der Waals surface area contributed by atoms with Crippen LogP contribution in [0, 0.1) is 0 Å². The summed E-state index contributed by atoms with van der Waals surface area (Å²) in [6, 6.07) is 4.99. The third kappa shape index (κ3) is 4.31. The molecule has 1 N–H and O–H groups in total. The van der Waals surface area contributed by atoms with Crippen molar-refractivity contribution >= 4 is 0 Å². The molecule has 0 bridgehead atoms. The van der Waals surface area contributed by atoms with Gasteiger partial charge in [-0.1, -0.05) is 12.1 Å². The Morgan fingerprint density at radius 3 is 2.04 bits per heavy atom. The van der Waals surface area contributed by atoms with Crippen molar-refractivity contribution in [2.45, 2.75) is 56.9 Å². The first-order valence-corrected chi connectivity index (χ1v) is 6.92. The fourth-order valence-corrected chi connectivity index (χ4v) is 2.03. The molecule has 0 heterocycles. The minimum Gasteiger partial charge on any atom is -0.491 e. The van der Waals surface area contributed by atoms with E-state index in [2.05, 4.69) is 0 Å². The molecule has 9 heteroatoms.